The van der Waals surface area contributed by atoms with E-state index in [1.807, 2.05) is 0 Å². The van der Waals surface area contributed by atoms with Crippen LogP contribution in [0.4, 0.5) is 0 Å². The molecule has 3 heteroatoms. The standard InChI is InChI=1S/C17H30N2S/c1-5-19-14(2)11-16(15(19)3)12-18-13-17(20-4)9-7-6-8-10-17/h11,18H,5-10,12-13H2,1-4H3. The van der Waals surface area contributed by atoms with Crippen LogP contribution in [-0.4, -0.2) is 22.1 Å². The van der Waals surface area contributed by atoms with Crippen molar-refractivity contribution in [3.63, 3.8) is 0 Å². The van der Waals surface area contributed by atoms with E-state index in [1.54, 1.807) is 0 Å². The fraction of sp³-hybridized carbons (Fsp3) is 0.765. The Morgan fingerprint density at radius 1 is 1.25 bits per heavy atom. The van der Waals surface area contributed by atoms with Gasteiger partial charge in [-0.1, -0.05) is 19.3 Å². The van der Waals surface area contributed by atoms with Crippen molar-refractivity contribution in [1.82, 2.24) is 9.88 Å². The second-order valence-electron chi connectivity index (χ2n) is 6.19. The van der Waals surface area contributed by atoms with E-state index in [0.29, 0.717) is 4.75 Å². The molecule has 0 aromatic carbocycles. The van der Waals surface area contributed by atoms with Gasteiger partial charge in [0.25, 0.3) is 0 Å². The Kier molecular flexibility index (Phi) is 5.62. The zero-order valence-electron chi connectivity index (χ0n) is 13.6. The van der Waals surface area contributed by atoms with Crippen molar-refractivity contribution in [2.75, 3.05) is 12.8 Å². The molecule has 0 bridgehead atoms. The van der Waals surface area contributed by atoms with E-state index < -0.39 is 0 Å². The topological polar surface area (TPSA) is 17.0 Å². The molecule has 0 spiro atoms. The van der Waals surface area contributed by atoms with Gasteiger partial charge in [-0.2, -0.15) is 11.8 Å². The first kappa shape index (κ1) is 16.0. The van der Waals surface area contributed by atoms with Crippen LogP contribution in [0.2, 0.25) is 0 Å². The van der Waals surface area contributed by atoms with Crippen LogP contribution in [0.1, 0.15) is 56.0 Å². The first-order valence-corrected chi connectivity index (χ1v) is 9.26. The fourth-order valence-electron chi connectivity index (χ4n) is 3.61. The summed E-state index contributed by atoms with van der Waals surface area (Å²) in [7, 11) is 0. The summed E-state index contributed by atoms with van der Waals surface area (Å²) in [6.45, 7) is 9.93. The van der Waals surface area contributed by atoms with Crippen molar-refractivity contribution in [3.05, 3.63) is 23.0 Å². The SMILES string of the molecule is CCn1c(C)cc(CNCC2(SC)CCCCC2)c1C. The highest BCUT2D eigenvalue weighted by molar-refractivity contribution is 8.00. The highest BCUT2D eigenvalue weighted by Crippen LogP contribution is 2.38. The third-order valence-electron chi connectivity index (χ3n) is 4.96. The molecular weight excluding hydrogens is 264 g/mol. The second kappa shape index (κ2) is 7.04. The molecule has 1 aliphatic rings. The van der Waals surface area contributed by atoms with Crippen LogP contribution in [0.25, 0.3) is 0 Å². The van der Waals surface area contributed by atoms with Gasteiger partial charge in [-0.05, 0) is 51.5 Å². The quantitative estimate of drug-likeness (QED) is 0.843. The van der Waals surface area contributed by atoms with Gasteiger partial charge in [-0.25, -0.2) is 0 Å². The van der Waals surface area contributed by atoms with E-state index in [2.05, 4.69) is 54.7 Å². The monoisotopic (exact) mass is 294 g/mol. The van der Waals surface area contributed by atoms with Crippen molar-refractivity contribution in [2.24, 2.45) is 0 Å². The van der Waals surface area contributed by atoms with Crippen LogP contribution in [0.15, 0.2) is 6.07 Å². The lowest BCUT2D eigenvalue weighted by Crippen LogP contribution is -2.39. The third-order valence-corrected chi connectivity index (χ3v) is 6.37. The minimum absolute atomic E-state index is 0.495. The summed E-state index contributed by atoms with van der Waals surface area (Å²) >= 11 is 2.08. The Hall–Kier alpha value is -0.410. The van der Waals surface area contributed by atoms with Gasteiger partial charge in [0.2, 0.25) is 0 Å². The highest BCUT2D eigenvalue weighted by Gasteiger charge is 2.30. The largest absolute Gasteiger partial charge is 0.349 e. The van der Waals surface area contributed by atoms with Gasteiger partial charge in [0.15, 0.2) is 0 Å². The van der Waals surface area contributed by atoms with Gasteiger partial charge >= 0.3 is 0 Å². The number of hydrogen-bond donors (Lipinski definition) is 1. The molecule has 114 valence electrons. The van der Waals surface area contributed by atoms with Crippen LogP contribution < -0.4 is 5.32 Å². The Balaban J connectivity index is 1.92. The van der Waals surface area contributed by atoms with E-state index in [0.717, 1.165) is 19.6 Å². The van der Waals surface area contributed by atoms with Crippen molar-refractivity contribution in [2.45, 2.75) is 70.7 Å². The minimum Gasteiger partial charge on any atom is -0.349 e. The van der Waals surface area contributed by atoms with Crippen molar-refractivity contribution < 1.29 is 0 Å². The average molecular weight is 295 g/mol. The lowest BCUT2D eigenvalue weighted by Gasteiger charge is -2.36. The van der Waals surface area contributed by atoms with Gasteiger partial charge in [0.1, 0.15) is 0 Å². The van der Waals surface area contributed by atoms with Gasteiger partial charge < -0.3 is 9.88 Å². The first-order valence-electron chi connectivity index (χ1n) is 8.03. The maximum absolute atomic E-state index is 3.73. The Morgan fingerprint density at radius 2 is 1.95 bits per heavy atom. The normalized spacial score (nSPS) is 18.4. The van der Waals surface area contributed by atoms with Crippen molar-refractivity contribution >= 4 is 11.8 Å². The molecule has 1 aromatic rings. The summed E-state index contributed by atoms with van der Waals surface area (Å²) in [6.07, 6.45) is 9.31. The van der Waals surface area contributed by atoms with Crippen LogP contribution in [0.3, 0.4) is 0 Å². The number of hydrogen-bond acceptors (Lipinski definition) is 2. The van der Waals surface area contributed by atoms with Gasteiger partial charge in [-0.15, -0.1) is 0 Å². The molecule has 1 aromatic heterocycles. The highest BCUT2D eigenvalue weighted by atomic mass is 32.2. The molecule has 0 atom stereocenters. The lowest BCUT2D eigenvalue weighted by molar-refractivity contribution is 0.379. The molecule has 0 aliphatic heterocycles. The Bertz CT molecular complexity index is 430. The molecule has 2 nitrogen and oxygen atoms in total. The molecule has 1 N–H and O–H groups in total. The first-order chi connectivity index (χ1) is 9.62. The molecule has 20 heavy (non-hydrogen) atoms. The molecule has 0 radical (unpaired) electrons. The summed E-state index contributed by atoms with van der Waals surface area (Å²) < 4.78 is 2.90. The van der Waals surface area contributed by atoms with Crippen LogP contribution >= 0.6 is 11.8 Å². The maximum atomic E-state index is 3.73. The smallest absolute Gasteiger partial charge is 0.0281 e. The van der Waals surface area contributed by atoms with Gasteiger partial charge in [0, 0.05) is 35.8 Å². The number of aromatic nitrogens is 1. The molecule has 1 aliphatic carbocycles. The van der Waals surface area contributed by atoms with E-state index in [9.17, 15) is 0 Å². The molecule has 0 saturated heterocycles. The van der Waals surface area contributed by atoms with E-state index in [1.165, 1.54) is 49.1 Å². The van der Waals surface area contributed by atoms with Gasteiger partial charge in [-0.3, -0.25) is 0 Å². The van der Waals surface area contributed by atoms with Crippen LogP contribution in [0.5, 0.6) is 0 Å². The predicted octanol–water partition coefficient (Wildman–Crippen LogP) is 4.28. The van der Waals surface area contributed by atoms with Crippen LogP contribution in [0, 0.1) is 13.8 Å². The number of rotatable bonds is 6. The summed E-state index contributed by atoms with van der Waals surface area (Å²) in [5, 5.41) is 3.73. The maximum Gasteiger partial charge on any atom is 0.0281 e. The Labute approximate surface area is 128 Å². The van der Waals surface area contributed by atoms with Crippen molar-refractivity contribution in [1.29, 1.82) is 0 Å². The summed E-state index contributed by atoms with van der Waals surface area (Å²) in [5.74, 6) is 0. The number of nitrogens with one attached hydrogen (secondary N) is 1. The Morgan fingerprint density at radius 3 is 2.50 bits per heavy atom. The molecule has 1 fully saturated rings. The summed E-state index contributed by atoms with van der Waals surface area (Å²) in [4.78, 5) is 0. The molecular formula is C17H30N2S. The molecule has 2 rings (SSSR count). The molecule has 1 saturated carbocycles. The fourth-order valence-corrected chi connectivity index (χ4v) is 4.56. The zero-order chi connectivity index (χ0) is 14.6. The minimum atomic E-state index is 0.495. The molecule has 0 amide bonds. The molecule has 1 heterocycles. The number of aryl methyl sites for hydroxylation is 1. The number of thioether (sulfide) groups is 1. The van der Waals surface area contributed by atoms with Crippen molar-refractivity contribution in [3.8, 4) is 0 Å². The van der Waals surface area contributed by atoms with Crippen LogP contribution in [-0.2, 0) is 13.1 Å². The van der Waals surface area contributed by atoms with E-state index >= 15 is 0 Å². The zero-order valence-corrected chi connectivity index (χ0v) is 14.4. The second-order valence-corrected chi connectivity index (χ2v) is 7.47. The van der Waals surface area contributed by atoms with E-state index in [-0.39, 0.29) is 0 Å². The third kappa shape index (κ3) is 3.43. The lowest BCUT2D eigenvalue weighted by atomic mass is 9.88. The molecule has 0 unspecified atom stereocenters. The summed E-state index contributed by atoms with van der Waals surface area (Å²) in [5.41, 5.74) is 4.29. The van der Waals surface area contributed by atoms with Gasteiger partial charge in [0.05, 0.1) is 0 Å². The predicted molar refractivity (Wildman–Crippen MR) is 90.6 cm³/mol. The number of nitrogens with zero attached hydrogens (tertiary/aromatic N) is 1. The van der Waals surface area contributed by atoms with E-state index in [4.69, 9.17) is 0 Å². The average Bonchev–Trinajstić information content (AvgIpc) is 2.74. The summed E-state index contributed by atoms with van der Waals surface area (Å²) in [6, 6.07) is 2.35.